The van der Waals surface area contributed by atoms with Crippen molar-refractivity contribution in [1.82, 2.24) is 5.32 Å². The molecule has 1 aliphatic rings. The highest BCUT2D eigenvalue weighted by atomic mass is 16.3. The lowest BCUT2D eigenvalue weighted by Gasteiger charge is -2.32. The largest absolute Gasteiger partial charge is 0.388 e. The van der Waals surface area contributed by atoms with Gasteiger partial charge < -0.3 is 16.2 Å². The molecule has 0 saturated heterocycles. The van der Waals surface area contributed by atoms with E-state index in [1.165, 1.54) is 6.42 Å². The van der Waals surface area contributed by atoms with Gasteiger partial charge in [0.1, 0.15) is 0 Å². The molecule has 4 N–H and O–H groups in total. The van der Waals surface area contributed by atoms with Crippen LogP contribution in [0.1, 0.15) is 58.3 Å². The molecule has 0 aliphatic heterocycles. The van der Waals surface area contributed by atoms with Crippen LogP contribution in [0.15, 0.2) is 0 Å². The van der Waals surface area contributed by atoms with Crippen LogP contribution in [-0.4, -0.2) is 29.7 Å². The second kappa shape index (κ2) is 7.74. The topological polar surface area (TPSA) is 75.4 Å². The lowest BCUT2D eigenvalue weighted by Crippen LogP contribution is -2.44. The van der Waals surface area contributed by atoms with Gasteiger partial charge in [-0.1, -0.05) is 26.2 Å². The van der Waals surface area contributed by atoms with Crippen molar-refractivity contribution in [1.29, 1.82) is 0 Å². The van der Waals surface area contributed by atoms with Crippen molar-refractivity contribution in [3.8, 4) is 0 Å². The first-order chi connectivity index (χ1) is 8.56. The second-order valence-electron chi connectivity index (χ2n) is 5.78. The molecule has 4 nitrogen and oxygen atoms in total. The SMILES string of the molecule is CC(CCN)CCC(=O)NCC1(O)CCCCC1. The first-order valence-corrected chi connectivity index (χ1v) is 7.25. The zero-order valence-corrected chi connectivity index (χ0v) is 11.6. The van der Waals surface area contributed by atoms with Gasteiger partial charge in [0.15, 0.2) is 0 Å². The van der Waals surface area contributed by atoms with Crippen LogP contribution < -0.4 is 11.1 Å². The highest BCUT2D eigenvalue weighted by Crippen LogP contribution is 2.27. The quantitative estimate of drug-likeness (QED) is 0.647. The Morgan fingerprint density at radius 1 is 1.33 bits per heavy atom. The Morgan fingerprint density at radius 2 is 2.00 bits per heavy atom. The highest BCUT2D eigenvalue weighted by Gasteiger charge is 2.29. The summed E-state index contributed by atoms with van der Waals surface area (Å²) in [5.74, 6) is 0.552. The van der Waals surface area contributed by atoms with Gasteiger partial charge in [-0.15, -0.1) is 0 Å². The molecular formula is C14H28N2O2. The van der Waals surface area contributed by atoms with Crippen molar-refractivity contribution >= 4 is 5.91 Å². The molecule has 0 radical (unpaired) electrons. The van der Waals surface area contributed by atoms with Crippen LogP contribution in [0, 0.1) is 5.92 Å². The minimum atomic E-state index is -0.656. The van der Waals surface area contributed by atoms with Crippen LogP contribution in [0.3, 0.4) is 0 Å². The zero-order chi connectivity index (χ0) is 13.4. The van der Waals surface area contributed by atoms with Crippen molar-refractivity contribution < 1.29 is 9.90 Å². The Labute approximate surface area is 110 Å². The van der Waals surface area contributed by atoms with E-state index in [-0.39, 0.29) is 5.91 Å². The fourth-order valence-electron chi connectivity index (χ4n) is 2.54. The van der Waals surface area contributed by atoms with Crippen molar-refractivity contribution in [2.24, 2.45) is 11.7 Å². The molecule has 1 fully saturated rings. The average molecular weight is 256 g/mol. The van der Waals surface area contributed by atoms with E-state index >= 15 is 0 Å². The van der Waals surface area contributed by atoms with Gasteiger partial charge in [-0.3, -0.25) is 4.79 Å². The lowest BCUT2D eigenvalue weighted by molar-refractivity contribution is -0.123. The summed E-state index contributed by atoms with van der Waals surface area (Å²) in [4.78, 5) is 11.7. The number of hydrogen-bond acceptors (Lipinski definition) is 3. The summed E-state index contributed by atoms with van der Waals surface area (Å²) in [6.07, 6.45) is 7.36. The molecule has 18 heavy (non-hydrogen) atoms. The van der Waals surface area contributed by atoms with E-state index in [2.05, 4.69) is 12.2 Å². The molecule has 0 aromatic rings. The third-order valence-electron chi connectivity index (χ3n) is 3.92. The van der Waals surface area contributed by atoms with E-state index in [0.717, 1.165) is 38.5 Å². The van der Waals surface area contributed by atoms with E-state index in [1.807, 2.05) is 0 Å². The normalized spacial score (nSPS) is 20.4. The number of hydrogen-bond donors (Lipinski definition) is 3. The number of carbonyl (C=O) groups is 1. The first-order valence-electron chi connectivity index (χ1n) is 7.25. The number of nitrogens with two attached hydrogens (primary N) is 1. The molecule has 1 unspecified atom stereocenters. The van der Waals surface area contributed by atoms with Crippen LogP contribution in [0.25, 0.3) is 0 Å². The molecule has 4 heteroatoms. The molecule has 1 atom stereocenters. The summed E-state index contributed by atoms with van der Waals surface area (Å²) >= 11 is 0. The molecule has 1 saturated carbocycles. The Bertz CT molecular complexity index is 250. The number of carbonyl (C=O) groups excluding carboxylic acids is 1. The fraction of sp³-hybridized carbons (Fsp3) is 0.929. The van der Waals surface area contributed by atoms with E-state index in [9.17, 15) is 9.90 Å². The van der Waals surface area contributed by atoms with Gasteiger partial charge in [-0.05, 0) is 38.1 Å². The minimum Gasteiger partial charge on any atom is -0.388 e. The lowest BCUT2D eigenvalue weighted by atomic mass is 9.85. The Balaban J connectivity index is 2.16. The number of aliphatic hydroxyl groups is 1. The molecule has 0 aromatic heterocycles. The monoisotopic (exact) mass is 256 g/mol. The smallest absolute Gasteiger partial charge is 0.220 e. The summed E-state index contributed by atoms with van der Waals surface area (Å²) in [6.45, 7) is 3.22. The van der Waals surface area contributed by atoms with E-state index in [0.29, 0.717) is 25.4 Å². The van der Waals surface area contributed by atoms with Crippen LogP contribution in [0.5, 0.6) is 0 Å². The van der Waals surface area contributed by atoms with Gasteiger partial charge in [-0.25, -0.2) is 0 Å². The summed E-state index contributed by atoms with van der Waals surface area (Å²) < 4.78 is 0. The van der Waals surface area contributed by atoms with E-state index in [1.54, 1.807) is 0 Å². The minimum absolute atomic E-state index is 0.0536. The Morgan fingerprint density at radius 3 is 2.61 bits per heavy atom. The maximum absolute atomic E-state index is 11.7. The van der Waals surface area contributed by atoms with Gasteiger partial charge in [0.25, 0.3) is 0 Å². The number of rotatable bonds is 7. The van der Waals surface area contributed by atoms with Gasteiger partial charge in [0, 0.05) is 13.0 Å². The van der Waals surface area contributed by atoms with Crippen molar-refractivity contribution in [3.05, 3.63) is 0 Å². The molecule has 106 valence electrons. The summed E-state index contributed by atoms with van der Waals surface area (Å²) in [7, 11) is 0. The van der Waals surface area contributed by atoms with Gasteiger partial charge in [0.05, 0.1) is 5.60 Å². The molecule has 0 aromatic carbocycles. The molecule has 0 heterocycles. The molecule has 0 spiro atoms. The van der Waals surface area contributed by atoms with Crippen molar-refractivity contribution in [2.75, 3.05) is 13.1 Å². The van der Waals surface area contributed by atoms with Crippen LogP contribution >= 0.6 is 0 Å². The van der Waals surface area contributed by atoms with E-state index < -0.39 is 5.60 Å². The van der Waals surface area contributed by atoms with Crippen LogP contribution in [0.2, 0.25) is 0 Å². The fourth-order valence-corrected chi connectivity index (χ4v) is 2.54. The first kappa shape index (κ1) is 15.4. The van der Waals surface area contributed by atoms with Gasteiger partial charge in [-0.2, -0.15) is 0 Å². The third-order valence-corrected chi connectivity index (χ3v) is 3.92. The number of amides is 1. The zero-order valence-electron chi connectivity index (χ0n) is 11.6. The molecule has 1 aliphatic carbocycles. The molecule has 0 bridgehead atoms. The average Bonchev–Trinajstić information content (AvgIpc) is 2.35. The Kier molecular flexibility index (Phi) is 6.65. The van der Waals surface area contributed by atoms with Gasteiger partial charge in [0.2, 0.25) is 5.91 Å². The van der Waals surface area contributed by atoms with Crippen LogP contribution in [-0.2, 0) is 4.79 Å². The summed E-state index contributed by atoms with van der Waals surface area (Å²) in [5, 5.41) is 13.1. The van der Waals surface area contributed by atoms with Crippen LogP contribution in [0.4, 0.5) is 0 Å². The molecular weight excluding hydrogens is 228 g/mol. The summed E-state index contributed by atoms with van der Waals surface area (Å²) in [5.41, 5.74) is 4.82. The summed E-state index contributed by atoms with van der Waals surface area (Å²) in [6, 6.07) is 0. The predicted octanol–water partition coefficient (Wildman–Crippen LogP) is 1.56. The maximum atomic E-state index is 11.7. The Hall–Kier alpha value is -0.610. The van der Waals surface area contributed by atoms with Crippen molar-refractivity contribution in [3.63, 3.8) is 0 Å². The predicted molar refractivity (Wildman–Crippen MR) is 73.1 cm³/mol. The molecule has 1 amide bonds. The maximum Gasteiger partial charge on any atom is 0.220 e. The van der Waals surface area contributed by atoms with E-state index in [4.69, 9.17) is 5.73 Å². The second-order valence-corrected chi connectivity index (χ2v) is 5.78. The highest BCUT2D eigenvalue weighted by molar-refractivity contribution is 5.75. The third kappa shape index (κ3) is 5.83. The van der Waals surface area contributed by atoms with Gasteiger partial charge >= 0.3 is 0 Å². The van der Waals surface area contributed by atoms with Crippen molar-refractivity contribution in [2.45, 2.75) is 63.9 Å². The number of nitrogens with one attached hydrogen (secondary N) is 1. The molecule has 1 rings (SSSR count). The standard InChI is InChI=1S/C14H28N2O2/c1-12(7-10-15)5-6-13(17)16-11-14(18)8-3-2-4-9-14/h12,18H,2-11,15H2,1H3,(H,16,17).